The smallest absolute Gasteiger partial charge is 0.231 e. The van der Waals surface area contributed by atoms with Crippen molar-refractivity contribution in [3.8, 4) is 34.5 Å². The van der Waals surface area contributed by atoms with Crippen molar-refractivity contribution in [2.75, 3.05) is 27.8 Å². The van der Waals surface area contributed by atoms with Crippen LogP contribution in [-0.2, 0) is 15.3 Å². The van der Waals surface area contributed by atoms with Crippen molar-refractivity contribution in [1.82, 2.24) is 0 Å². The molecule has 4 heterocycles. The number of hydrogen-bond acceptors (Lipinski definition) is 8. The van der Waals surface area contributed by atoms with Gasteiger partial charge in [-0.25, -0.2) is 0 Å². The van der Waals surface area contributed by atoms with Gasteiger partial charge in [-0.2, -0.15) is 0 Å². The van der Waals surface area contributed by atoms with Crippen LogP contribution in [0.1, 0.15) is 31.1 Å². The number of rotatable bonds is 4. The van der Waals surface area contributed by atoms with E-state index in [-0.39, 0.29) is 25.6 Å². The summed E-state index contributed by atoms with van der Waals surface area (Å²) in [6.07, 6.45) is -0.219. The summed E-state index contributed by atoms with van der Waals surface area (Å²) >= 11 is 0. The van der Waals surface area contributed by atoms with Crippen LogP contribution in [0.15, 0.2) is 24.3 Å². The fourth-order valence-corrected chi connectivity index (χ4v) is 4.78. The molecule has 2 saturated heterocycles. The van der Waals surface area contributed by atoms with Gasteiger partial charge in [0.1, 0.15) is 5.60 Å². The van der Waals surface area contributed by atoms with E-state index >= 15 is 0 Å². The molecule has 0 bridgehead atoms. The summed E-state index contributed by atoms with van der Waals surface area (Å²) in [5.41, 5.74) is 1.29. The largest absolute Gasteiger partial charge is 0.493 e. The van der Waals surface area contributed by atoms with E-state index in [2.05, 4.69) is 13.8 Å². The third-order valence-corrected chi connectivity index (χ3v) is 6.63. The molecule has 0 N–H and O–H groups in total. The second-order valence-corrected chi connectivity index (χ2v) is 8.02. The Balaban J connectivity index is 1.41. The van der Waals surface area contributed by atoms with Crippen LogP contribution in [0.3, 0.4) is 0 Å². The predicted octanol–water partition coefficient (Wildman–Crippen LogP) is 3.51. The van der Waals surface area contributed by atoms with E-state index in [0.717, 1.165) is 11.1 Å². The Bertz CT molecular complexity index is 1050. The Kier molecular flexibility index (Phi) is 3.51. The number of epoxide rings is 1. The highest BCUT2D eigenvalue weighted by atomic mass is 16.8. The molecule has 30 heavy (non-hydrogen) atoms. The first-order valence-corrected chi connectivity index (χ1v) is 9.84. The topological polar surface area (TPSA) is 77.1 Å². The second-order valence-electron chi connectivity index (χ2n) is 8.02. The van der Waals surface area contributed by atoms with Gasteiger partial charge < -0.3 is 37.9 Å². The van der Waals surface area contributed by atoms with Gasteiger partial charge in [-0.15, -0.1) is 0 Å². The van der Waals surface area contributed by atoms with Crippen LogP contribution in [0, 0.1) is 5.92 Å². The van der Waals surface area contributed by atoms with E-state index in [0.29, 0.717) is 34.5 Å². The molecule has 0 saturated carbocycles. The molecule has 4 aliphatic heterocycles. The zero-order chi connectivity index (χ0) is 20.7. The third-order valence-electron chi connectivity index (χ3n) is 6.63. The molecule has 8 heteroatoms. The van der Waals surface area contributed by atoms with Gasteiger partial charge in [0.2, 0.25) is 30.9 Å². The molecular formula is C22H22O8. The molecule has 6 rings (SSSR count). The summed E-state index contributed by atoms with van der Waals surface area (Å²) in [7, 11) is 3.22. The summed E-state index contributed by atoms with van der Waals surface area (Å²) in [5.74, 6) is 2.90. The van der Waals surface area contributed by atoms with Crippen molar-refractivity contribution in [2.24, 2.45) is 5.92 Å². The second kappa shape index (κ2) is 5.86. The lowest BCUT2D eigenvalue weighted by Gasteiger charge is -2.22. The highest BCUT2D eigenvalue weighted by Gasteiger charge is 2.79. The van der Waals surface area contributed by atoms with Gasteiger partial charge in [0, 0.05) is 11.5 Å². The molecular weight excluding hydrogens is 392 g/mol. The molecule has 0 aromatic heterocycles. The minimum Gasteiger partial charge on any atom is -0.493 e. The van der Waals surface area contributed by atoms with Gasteiger partial charge in [-0.1, -0.05) is 6.92 Å². The van der Waals surface area contributed by atoms with Crippen molar-refractivity contribution >= 4 is 0 Å². The molecule has 0 radical (unpaired) electrons. The predicted molar refractivity (Wildman–Crippen MR) is 102 cm³/mol. The first-order valence-electron chi connectivity index (χ1n) is 9.84. The van der Waals surface area contributed by atoms with Gasteiger partial charge >= 0.3 is 0 Å². The molecule has 158 valence electrons. The van der Waals surface area contributed by atoms with Crippen LogP contribution < -0.4 is 28.4 Å². The monoisotopic (exact) mass is 414 g/mol. The first-order chi connectivity index (χ1) is 14.5. The summed E-state index contributed by atoms with van der Waals surface area (Å²) in [6, 6.07) is 7.70. The molecule has 2 fully saturated rings. The van der Waals surface area contributed by atoms with Crippen LogP contribution in [0.2, 0.25) is 0 Å². The minimum absolute atomic E-state index is 0.0685. The van der Waals surface area contributed by atoms with Crippen LogP contribution in [0.25, 0.3) is 0 Å². The summed E-state index contributed by atoms with van der Waals surface area (Å²) in [4.78, 5) is 0. The van der Waals surface area contributed by atoms with Crippen molar-refractivity contribution < 1.29 is 37.9 Å². The van der Waals surface area contributed by atoms with Crippen LogP contribution in [-0.4, -0.2) is 33.4 Å². The Hall–Kier alpha value is -2.84. The van der Waals surface area contributed by atoms with E-state index in [1.54, 1.807) is 14.2 Å². The fraction of sp³-hybridized carbons (Fsp3) is 0.455. The van der Waals surface area contributed by atoms with E-state index in [9.17, 15) is 0 Å². The average Bonchev–Trinajstić information content (AvgIpc) is 3.18. The van der Waals surface area contributed by atoms with Crippen LogP contribution >= 0.6 is 0 Å². The van der Waals surface area contributed by atoms with Gasteiger partial charge in [-0.3, -0.25) is 0 Å². The molecule has 4 unspecified atom stereocenters. The number of benzene rings is 2. The first kappa shape index (κ1) is 18.0. The van der Waals surface area contributed by atoms with Gasteiger partial charge in [0.05, 0.1) is 20.3 Å². The normalized spacial score (nSPS) is 32.1. The Labute approximate surface area is 173 Å². The minimum atomic E-state index is -0.894. The quantitative estimate of drug-likeness (QED) is 0.704. The molecule has 8 nitrogen and oxygen atoms in total. The summed E-state index contributed by atoms with van der Waals surface area (Å²) in [6.45, 7) is 4.54. The zero-order valence-electron chi connectivity index (χ0n) is 17.1. The highest BCUT2D eigenvalue weighted by molar-refractivity contribution is 5.58. The van der Waals surface area contributed by atoms with Gasteiger partial charge in [0.25, 0.3) is 0 Å². The van der Waals surface area contributed by atoms with Crippen molar-refractivity contribution in [3.05, 3.63) is 35.4 Å². The third kappa shape index (κ3) is 2.12. The molecule has 0 spiro atoms. The molecule has 0 aliphatic carbocycles. The van der Waals surface area contributed by atoms with Crippen molar-refractivity contribution in [2.45, 2.75) is 31.3 Å². The lowest BCUT2D eigenvalue weighted by molar-refractivity contribution is -0.107. The lowest BCUT2D eigenvalue weighted by atomic mass is 9.85. The molecule has 0 amide bonds. The van der Waals surface area contributed by atoms with Crippen LogP contribution in [0.4, 0.5) is 0 Å². The number of ether oxygens (including phenoxy) is 8. The average molecular weight is 414 g/mol. The van der Waals surface area contributed by atoms with Crippen molar-refractivity contribution in [1.29, 1.82) is 0 Å². The van der Waals surface area contributed by atoms with E-state index in [4.69, 9.17) is 37.9 Å². The maximum absolute atomic E-state index is 6.60. The SMILES string of the molecule is COc1cc(C2OC3(c4cc(OC)c5c(c4)OCO5)OC3(C)C2C)cc2c1OCO2. The number of methoxy groups -OCH3 is 2. The number of hydrogen-bond donors (Lipinski definition) is 0. The summed E-state index contributed by atoms with van der Waals surface area (Å²) in [5, 5.41) is 0. The zero-order valence-corrected chi connectivity index (χ0v) is 17.1. The lowest BCUT2D eigenvalue weighted by Crippen LogP contribution is -2.21. The molecule has 4 aliphatic rings. The Morgan fingerprint density at radius 1 is 0.867 bits per heavy atom. The fourth-order valence-electron chi connectivity index (χ4n) is 4.78. The maximum atomic E-state index is 6.60. The van der Waals surface area contributed by atoms with E-state index < -0.39 is 11.4 Å². The van der Waals surface area contributed by atoms with Gasteiger partial charge in [-0.05, 0) is 36.8 Å². The standard InChI is InChI=1S/C22H22O8/c1-11-18(12-5-14(23-3)19-16(6-12)25-9-27-19)29-22(21(11,2)30-22)13-7-15(24-4)20-17(8-13)26-10-28-20/h5-8,11,18H,9-10H2,1-4H3. The molecule has 4 atom stereocenters. The molecule has 2 aromatic rings. The maximum Gasteiger partial charge on any atom is 0.231 e. The molecule has 2 aromatic carbocycles. The van der Waals surface area contributed by atoms with Crippen LogP contribution in [0.5, 0.6) is 34.5 Å². The van der Waals surface area contributed by atoms with E-state index in [1.807, 2.05) is 24.3 Å². The number of fused-ring (bicyclic) bond motifs is 3. The summed E-state index contributed by atoms with van der Waals surface area (Å²) < 4.78 is 46.1. The van der Waals surface area contributed by atoms with Gasteiger partial charge in [0.15, 0.2) is 23.0 Å². The Morgan fingerprint density at radius 2 is 1.50 bits per heavy atom. The van der Waals surface area contributed by atoms with Crippen molar-refractivity contribution in [3.63, 3.8) is 0 Å². The highest BCUT2D eigenvalue weighted by Crippen LogP contribution is 2.71. The van der Waals surface area contributed by atoms with E-state index in [1.165, 1.54) is 0 Å². The Morgan fingerprint density at radius 3 is 2.17 bits per heavy atom.